The lowest BCUT2D eigenvalue weighted by Crippen LogP contribution is -2.35. The van der Waals surface area contributed by atoms with E-state index in [1.165, 1.54) is 24.3 Å². The maximum absolute atomic E-state index is 13.2. The van der Waals surface area contributed by atoms with Crippen LogP contribution in [0, 0.1) is 0 Å². The molecule has 1 aliphatic rings. The first-order chi connectivity index (χ1) is 15.2. The van der Waals surface area contributed by atoms with Crippen molar-refractivity contribution in [3.8, 4) is 0 Å². The van der Waals surface area contributed by atoms with E-state index in [1.807, 2.05) is 17.5 Å². The molecule has 32 heavy (non-hydrogen) atoms. The lowest BCUT2D eigenvalue weighted by atomic mass is 10.2. The Hall–Kier alpha value is -2.47. The van der Waals surface area contributed by atoms with Crippen molar-refractivity contribution in [2.75, 3.05) is 11.5 Å². The van der Waals surface area contributed by atoms with Gasteiger partial charge in [-0.2, -0.15) is 0 Å². The molecule has 8 nitrogen and oxygen atoms in total. The Bertz CT molecular complexity index is 1230. The Morgan fingerprint density at radius 3 is 2.50 bits per heavy atom. The van der Waals surface area contributed by atoms with Gasteiger partial charge in [-0.3, -0.25) is 4.79 Å². The van der Waals surface area contributed by atoms with Crippen LogP contribution in [0.15, 0.2) is 69.5 Å². The summed E-state index contributed by atoms with van der Waals surface area (Å²) in [5, 5.41) is 1.94. The summed E-state index contributed by atoms with van der Waals surface area (Å²) in [6.45, 7) is 0.677. The van der Waals surface area contributed by atoms with Gasteiger partial charge in [0.2, 0.25) is 10.0 Å². The minimum Gasteiger partial charge on any atom is -0.467 e. The smallest absolute Gasteiger partial charge is 0.254 e. The first-order valence-electron chi connectivity index (χ1n) is 9.89. The summed E-state index contributed by atoms with van der Waals surface area (Å²) in [5.41, 5.74) is 0.343. The number of thiophene rings is 1. The lowest BCUT2D eigenvalue weighted by Gasteiger charge is -2.21. The van der Waals surface area contributed by atoms with E-state index in [0.717, 1.165) is 4.88 Å². The number of furan rings is 1. The number of amides is 1. The van der Waals surface area contributed by atoms with Crippen LogP contribution in [0.1, 0.15) is 27.4 Å². The molecule has 1 aromatic carbocycles. The molecule has 1 aliphatic heterocycles. The fraction of sp³-hybridized carbons (Fsp3) is 0.286. The molecule has 0 aliphatic carbocycles. The highest BCUT2D eigenvalue weighted by Gasteiger charge is 2.31. The maximum Gasteiger partial charge on any atom is 0.254 e. The molecule has 0 radical (unpaired) electrons. The van der Waals surface area contributed by atoms with E-state index in [-0.39, 0.29) is 35.3 Å². The molecule has 0 bridgehead atoms. The molecule has 1 fully saturated rings. The number of nitrogens with one attached hydrogen (secondary N) is 1. The number of sulfone groups is 1. The van der Waals surface area contributed by atoms with Crippen molar-refractivity contribution in [3.05, 3.63) is 76.4 Å². The summed E-state index contributed by atoms with van der Waals surface area (Å²) >= 11 is 1.54. The maximum atomic E-state index is 13.2. The molecule has 4 rings (SSSR count). The van der Waals surface area contributed by atoms with Crippen LogP contribution in [0.25, 0.3) is 0 Å². The Kier molecular flexibility index (Phi) is 6.52. The van der Waals surface area contributed by atoms with Gasteiger partial charge in [0.15, 0.2) is 9.84 Å². The van der Waals surface area contributed by atoms with Crippen molar-refractivity contribution < 1.29 is 26.0 Å². The average molecular weight is 495 g/mol. The quantitative estimate of drug-likeness (QED) is 0.515. The van der Waals surface area contributed by atoms with Gasteiger partial charge in [-0.05, 0) is 54.3 Å². The topological polar surface area (TPSA) is 114 Å². The number of carbonyl (C=O) groups excluding carboxylic acids is 1. The Balaban J connectivity index is 1.50. The van der Waals surface area contributed by atoms with E-state index in [4.69, 9.17) is 4.42 Å². The standard InChI is InChI=1S/C21H22N2O6S3/c24-21(23(13-18-3-1-10-29-18)14-19-4-2-11-30-19)16-5-7-20(8-6-16)32(27,28)22-17-9-12-31(25,26)15-17/h1-8,10-11,17,22H,9,12-15H2. The Morgan fingerprint density at radius 2 is 1.91 bits per heavy atom. The van der Waals surface area contributed by atoms with E-state index in [0.29, 0.717) is 17.9 Å². The van der Waals surface area contributed by atoms with Crippen LogP contribution < -0.4 is 4.72 Å². The molecule has 3 aromatic rings. The highest BCUT2D eigenvalue weighted by atomic mass is 32.2. The predicted molar refractivity (Wildman–Crippen MR) is 120 cm³/mol. The van der Waals surface area contributed by atoms with E-state index < -0.39 is 25.9 Å². The number of hydrogen-bond acceptors (Lipinski definition) is 7. The van der Waals surface area contributed by atoms with Gasteiger partial charge in [0.1, 0.15) is 5.76 Å². The van der Waals surface area contributed by atoms with Crippen LogP contribution in [-0.2, 0) is 33.0 Å². The summed E-state index contributed by atoms with van der Waals surface area (Å²) in [6.07, 6.45) is 1.80. The van der Waals surface area contributed by atoms with Crippen LogP contribution in [0.4, 0.5) is 0 Å². The first kappa shape index (κ1) is 22.7. The van der Waals surface area contributed by atoms with Crippen LogP contribution in [0.2, 0.25) is 0 Å². The number of benzene rings is 1. The fourth-order valence-electron chi connectivity index (χ4n) is 3.52. The third-order valence-electron chi connectivity index (χ3n) is 5.11. The highest BCUT2D eigenvalue weighted by molar-refractivity contribution is 7.92. The Morgan fingerprint density at radius 1 is 1.12 bits per heavy atom. The zero-order valence-corrected chi connectivity index (χ0v) is 19.5. The number of rotatable bonds is 8. The number of hydrogen-bond donors (Lipinski definition) is 1. The molecule has 1 N–H and O–H groups in total. The molecular weight excluding hydrogens is 472 g/mol. The third kappa shape index (κ3) is 5.47. The Labute approximate surface area is 190 Å². The monoisotopic (exact) mass is 494 g/mol. The molecule has 1 amide bonds. The van der Waals surface area contributed by atoms with E-state index in [9.17, 15) is 21.6 Å². The summed E-state index contributed by atoms with van der Waals surface area (Å²) in [6, 6.07) is 12.4. The molecule has 1 saturated heterocycles. The van der Waals surface area contributed by atoms with Gasteiger partial charge < -0.3 is 9.32 Å². The molecule has 0 spiro atoms. The third-order valence-corrected chi connectivity index (χ3v) is 9.27. The molecule has 2 aromatic heterocycles. The van der Waals surface area contributed by atoms with Crippen LogP contribution in [0.3, 0.4) is 0 Å². The minimum absolute atomic E-state index is 0.0193. The first-order valence-corrected chi connectivity index (χ1v) is 14.1. The lowest BCUT2D eigenvalue weighted by molar-refractivity contribution is 0.0719. The molecule has 3 heterocycles. The van der Waals surface area contributed by atoms with Gasteiger partial charge in [0, 0.05) is 16.5 Å². The van der Waals surface area contributed by atoms with E-state index in [2.05, 4.69) is 4.72 Å². The summed E-state index contributed by atoms with van der Waals surface area (Å²) in [4.78, 5) is 15.8. The van der Waals surface area contributed by atoms with Gasteiger partial charge in [-0.15, -0.1) is 11.3 Å². The van der Waals surface area contributed by atoms with Gasteiger partial charge in [-0.25, -0.2) is 21.6 Å². The zero-order chi connectivity index (χ0) is 22.8. The molecular formula is C21H22N2O6S3. The van der Waals surface area contributed by atoms with Crippen molar-refractivity contribution in [2.45, 2.75) is 30.4 Å². The van der Waals surface area contributed by atoms with Crippen LogP contribution >= 0.6 is 11.3 Å². The van der Waals surface area contributed by atoms with Gasteiger partial charge in [-0.1, -0.05) is 6.07 Å². The van der Waals surface area contributed by atoms with Crippen molar-refractivity contribution in [2.24, 2.45) is 0 Å². The largest absolute Gasteiger partial charge is 0.467 e. The van der Waals surface area contributed by atoms with Crippen LogP contribution in [-0.4, -0.2) is 45.2 Å². The van der Waals surface area contributed by atoms with E-state index >= 15 is 0 Å². The zero-order valence-electron chi connectivity index (χ0n) is 17.0. The minimum atomic E-state index is -3.89. The normalized spacial score (nSPS) is 17.9. The van der Waals surface area contributed by atoms with Gasteiger partial charge in [0.25, 0.3) is 5.91 Å². The summed E-state index contributed by atoms with van der Waals surface area (Å²) in [7, 11) is -7.10. The number of sulfonamides is 1. The fourth-order valence-corrected chi connectivity index (χ4v) is 7.28. The second kappa shape index (κ2) is 9.18. The van der Waals surface area contributed by atoms with Gasteiger partial charge in [0.05, 0.1) is 35.8 Å². The molecule has 1 atom stereocenters. The van der Waals surface area contributed by atoms with Crippen molar-refractivity contribution in [1.82, 2.24) is 9.62 Å². The number of carbonyl (C=O) groups is 1. The van der Waals surface area contributed by atoms with Crippen molar-refractivity contribution in [3.63, 3.8) is 0 Å². The molecule has 170 valence electrons. The van der Waals surface area contributed by atoms with E-state index in [1.54, 1.807) is 34.6 Å². The number of nitrogens with zero attached hydrogens (tertiary/aromatic N) is 1. The molecule has 0 saturated carbocycles. The summed E-state index contributed by atoms with van der Waals surface area (Å²) in [5.74, 6) is 0.162. The molecule has 1 unspecified atom stereocenters. The van der Waals surface area contributed by atoms with Crippen LogP contribution in [0.5, 0.6) is 0 Å². The van der Waals surface area contributed by atoms with Gasteiger partial charge >= 0.3 is 0 Å². The van der Waals surface area contributed by atoms with Crippen molar-refractivity contribution in [1.29, 1.82) is 0 Å². The highest BCUT2D eigenvalue weighted by Crippen LogP contribution is 2.20. The second-order valence-electron chi connectivity index (χ2n) is 7.57. The average Bonchev–Trinajstić information content (AvgIpc) is 3.50. The predicted octanol–water partition coefficient (Wildman–Crippen LogP) is 2.65. The summed E-state index contributed by atoms with van der Waals surface area (Å²) < 4.78 is 56.3. The molecule has 11 heteroatoms. The SMILES string of the molecule is O=C(c1ccc(S(=O)(=O)NC2CCS(=O)(=O)C2)cc1)N(Cc1ccco1)Cc1cccs1. The second-order valence-corrected chi connectivity index (χ2v) is 12.5. The van der Waals surface area contributed by atoms with Crippen molar-refractivity contribution >= 4 is 37.1 Å².